The first-order valence-electron chi connectivity index (χ1n) is 10.1. The second-order valence-electron chi connectivity index (χ2n) is 7.25. The highest BCUT2D eigenvalue weighted by molar-refractivity contribution is 5.90. The van der Waals surface area contributed by atoms with E-state index in [-0.39, 0.29) is 6.04 Å². The highest BCUT2D eigenvalue weighted by Gasteiger charge is 2.24. The topological polar surface area (TPSA) is 97.6 Å². The number of guanidine groups is 1. The summed E-state index contributed by atoms with van der Waals surface area (Å²) >= 11 is 0. The van der Waals surface area contributed by atoms with Crippen LogP contribution in [-0.2, 0) is 11.3 Å². The Morgan fingerprint density at radius 3 is 2.52 bits per heavy atom. The lowest BCUT2D eigenvalue weighted by Crippen LogP contribution is -2.44. The number of hydrogen-bond donors (Lipinski definition) is 2. The van der Waals surface area contributed by atoms with Crippen LogP contribution in [-0.4, -0.2) is 59.4 Å². The Morgan fingerprint density at radius 2 is 1.90 bits per heavy atom. The van der Waals surface area contributed by atoms with Gasteiger partial charge in [-0.3, -0.25) is 4.99 Å². The minimum atomic E-state index is -0.407. The molecule has 1 fully saturated rings. The van der Waals surface area contributed by atoms with E-state index in [0.29, 0.717) is 29.6 Å². The highest BCUT2D eigenvalue weighted by Crippen LogP contribution is 2.30. The average Bonchev–Trinajstić information content (AvgIpc) is 3.41. The summed E-state index contributed by atoms with van der Waals surface area (Å²) in [4.78, 5) is 18.3. The zero-order valence-electron chi connectivity index (χ0n) is 18.7. The second-order valence-corrected chi connectivity index (χ2v) is 7.25. The molecule has 0 saturated carbocycles. The molecule has 2 heterocycles. The number of methoxy groups -OCH3 is 3. The third-order valence-electron chi connectivity index (χ3n) is 5.26. The van der Waals surface area contributed by atoms with Crippen LogP contribution in [0.5, 0.6) is 11.5 Å². The van der Waals surface area contributed by atoms with Crippen LogP contribution < -0.4 is 25.0 Å². The zero-order chi connectivity index (χ0) is 22.4. The fraction of sp³-hybridized carbons (Fsp3) is 0.455. The highest BCUT2D eigenvalue weighted by atomic mass is 16.5. The van der Waals surface area contributed by atoms with E-state index in [2.05, 4.69) is 20.5 Å². The number of rotatable bonds is 7. The Hall–Kier alpha value is -3.36. The number of ether oxygens (including phenoxy) is 3. The maximum atomic E-state index is 11.7. The molecule has 0 aliphatic carbocycles. The van der Waals surface area contributed by atoms with Crippen LogP contribution in [0.2, 0.25) is 0 Å². The van der Waals surface area contributed by atoms with E-state index in [4.69, 9.17) is 18.6 Å². The molecule has 0 spiro atoms. The van der Waals surface area contributed by atoms with Gasteiger partial charge in [0.15, 0.2) is 5.96 Å². The molecule has 31 heavy (non-hydrogen) atoms. The number of anilines is 1. The van der Waals surface area contributed by atoms with E-state index in [1.807, 2.05) is 18.2 Å². The van der Waals surface area contributed by atoms with Gasteiger partial charge in [-0.2, -0.15) is 0 Å². The summed E-state index contributed by atoms with van der Waals surface area (Å²) in [6, 6.07) is 7.80. The molecule has 1 saturated heterocycles. The fourth-order valence-corrected chi connectivity index (χ4v) is 3.59. The van der Waals surface area contributed by atoms with Gasteiger partial charge in [-0.05, 0) is 19.4 Å². The average molecular weight is 431 g/mol. The van der Waals surface area contributed by atoms with Gasteiger partial charge >= 0.3 is 5.97 Å². The van der Waals surface area contributed by atoms with Gasteiger partial charge < -0.3 is 34.2 Å². The Bertz CT molecular complexity index is 918. The van der Waals surface area contributed by atoms with Crippen molar-refractivity contribution in [2.75, 3.05) is 46.4 Å². The SMILES string of the molecule is CN=C(NCc1cc(C(=O)OC)c(C)o1)NC1CCN(c2cc(OC)cc(OC)c2)C1. The van der Waals surface area contributed by atoms with Crippen molar-refractivity contribution in [2.45, 2.75) is 25.9 Å². The van der Waals surface area contributed by atoms with Crippen molar-refractivity contribution in [1.82, 2.24) is 10.6 Å². The summed E-state index contributed by atoms with van der Waals surface area (Å²) in [5.41, 5.74) is 1.49. The van der Waals surface area contributed by atoms with Crippen LogP contribution >= 0.6 is 0 Å². The number of aryl methyl sites for hydroxylation is 1. The van der Waals surface area contributed by atoms with Crippen molar-refractivity contribution in [3.05, 3.63) is 41.3 Å². The van der Waals surface area contributed by atoms with Crippen molar-refractivity contribution >= 4 is 17.6 Å². The first kappa shape index (κ1) is 22.3. The number of benzene rings is 1. The molecule has 9 heteroatoms. The molecule has 2 N–H and O–H groups in total. The van der Waals surface area contributed by atoms with Gasteiger partial charge in [0.1, 0.15) is 28.6 Å². The molecule has 168 valence electrons. The molecule has 0 radical (unpaired) electrons. The van der Waals surface area contributed by atoms with E-state index in [0.717, 1.165) is 36.7 Å². The van der Waals surface area contributed by atoms with Crippen LogP contribution in [0.25, 0.3) is 0 Å². The van der Waals surface area contributed by atoms with Gasteiger partial charge in [0.25, 0.3) is 0 Å². The number of aliphatic imine (C=N–C) groups is 1. The fourth-order valence-electron chi connectivity index (χ4n) is 3.59. The number of carbonyl (C=O) groups excluding carboxylic acids is 1. The number of nitrogens with one attached hydrogen (secondary N) is 2. The Labute approximate surface area is 182 Å². The first-order valence-corrected chi connectivity index (χ1v) is 10.1. The molecule has 0 bridgehead atoms. The van der Waals surface area contributed by atoms with Crippen LogP contribution in [0.1, 0.15) is 28.3 Å². The smallest absolute Gasteiger partial charge is 0.341 e. The Kier molecular flexibility index (Phi) is 7.28. The molecular formula is C22H30N4O5. The summed E-state index contributed by atoms with van der Waals surface area (Å²) in [6.45, 7) is 3.87. The van der Waals surface area contributed by atoms with Crippen molar-refractivity contribution in [3.8, 4) is 11.5 Å². The molecule has 1 aliphatic heterocycles. The maximum absolute atomic E-state index is 11.7. The third-order valence-corrected chi connectivity index (χ3v) is 5.26. The number of carbonyl (C=O) groups is 1. The largest absolute Gasteiger partial charge is 0.497 e. The number of nitrogens with zero attached hydrogens (tertiary/aromatic N) is 2. The van der Waals surface area contributed by atoms with Crippen molar-refractivity contribution in [2.24, 2.45) is 4.99 Å². The lowest BCUT2D eigenvalue weighted by molar-refractivity contribution is 0.0599. The zero-order valence-corrected chi connectivity index (χ0v) is 18.7. The van der Waals surface area contributed by atoms with E-state index >= 15 is 0 Å². The predicted octanol–water partition coefficient (Wildman–Crippen LogP) is 2.34. The molecular weight excluding hydrogens is 400 g/mol. The molecule has 3 rings (SSSR count). The molecule has 1 atom stereocenters. The van der Waals surface area contributed by atoms with Gasteiger partial charge in [0.05, 0.1) is 27.9 Å². The quantitative estimate of drug-likeness (QED) is 0.392. The number of esters is 1. The molecule has 0 amide bonds. The molecule has 9 nitrogen and oxygen atoms in total. The first-order chi connectivity index (χ1) is 15.0. The van der Waals surface area contributed by atoms with E-state index in [9.17, 15) is 4.79 Å². The summed E-state index contributed by atoms with van der Waals surface area (Å²) in [5, 5.41) is 6.69. The summed E-state index contributed by atoms with van der Waals surface area (Å²) in [5.74, 6) is 2.97. The molecule has 1 unspecified atom stereocenters. The lowest BCUT2D eigenvalue weighted by Gasteiger charge is -2.21. The number of furan rings is 1. The van der Waals surface area contributed by atoms with Crippen molar-refractivity contribution < 1.29 is 23.4 Å². The normalized spacial score (nSPS) is 16.2. The molecule has 1 aliphatic rings. The van der Waals surface area contributed by atoms with E-state index in [1.165, 1.54) is 7.11 Å². The summed E-state index contributed by atoms with van der Waals surface area (Å²) in [6.07, 6.45) is 0.965. The van der Waals surface area contributed by atoms with Crippen LogP contribution in [0, 0.1) is 6.92 Å². The maximum Gasteiger partial charge on any atom is 0.341 e. The van der Waals surface area contributed by atoms with E-state index < -0.39 is 5.97 Å². The monoisotopic (exact) mass is 430 g/mol. The van der Waals surface area contributed by atoms with Crippen LogP contribution in [0.15, 0.2) is 33.7 Å². The molecule has 1 aromatic heterocycles. The predicted molar refractivity (Wildman–Crippen MR) is 118 cm³/mol. The second kappa shape index (κ2) is 10.1. The summed E-state index contributed by atoms with van der Waals surface area (Å²) in [7, 11) is 6.38. The minimum absolute atomic E-state index is 0.229. The third kappa shape index (κ3) is 5.42. The Morgan fingerprint density at radius 1 is 1.19 bits per heavy atom. The number of hydrogen-bond acceptors (Lipinski definition) is 7. The van der Waals surface area contributed by atoms with Gasteiger partial charge in [0, 0.05) is 50.1 Å². The Balaban J connectivity index is 1.57. The van der Waals surface area contributed by atoms with Gasteiger partial charge in [-0.15, -0.1) is 0 Å². The van der Waals surface area contributed by atoms with Crippen LogP contribution in [0.4, 0.5) is 5.69 Å². The van der Waals surface area contributed by atoms with Crippen LogP contribution in [0.3, 0.4) is 0 Å². The van der Waals surface area contributed by atoms with Gasteiger partial charge in [-0.1, -0.05) is 0 Å². The van der Waals surface area contributed by atoms with Crippen molar-refractivity contribution in [1.29, 1.82) is 0 Å². The standard InChI is InChI=1S/C22H30N4O5/c1-14-20(21(27)30-5)11-19(31-14)12-24-22(23-2)25-15-6-7-26(13-15)16-8-17(28-3)10-18(9-16)29-4/h8-11,15H,6-7,12-13H2,1-5H3,(H2,23,24,25). The molecule has 1 aromatic carbocycles. The minimum Gasteiger partial charge on any atom is -0.497 e. The van der Waals surface area contributed by atoms with Gasteiger partial charge in [0.2, 0.25) is 0 Å². The van der Waals surface area contributed by atoms with Crippen molar-refractivity contribution in [3.63, 3.8) is 0 Å². The van der Waals surface area contributed by atoms with Gasteiger partial charge in [-0.25, -0.2) is 4.79 Å². The molecule has 2 aromatic rings. The summed E-state index contributed by atoms with van der Waals surface area (Å²) < 4.78 is 21.2. The lowest BCUT2D eigenvalue weighted by atomic mass is 10.2. The van der Waals surface area contributed by atoms with E-state index in [1.54, 1.807) is 34.3 Å².